The minimum absolute atomic E-state index is 0.269. The first-order chi connectivity index (χ1) is 8.79. The van der Waals surface area contributed by atoms with Crippen LogP contribution < -0.4 is 10.6 Å². The third-order valence-electron chi connectivity index (χ3n) is 3.71. The first-order valence-corrected chi connectivity index (χ1v) is 6.27. The van der Waals surface area contributed by atoms with E-state index in [9.17, 15) is 5.11 Å². The summed E-state index contributed by atoms with van der Waals surface area (Å²) in [6.07, 6.45) is 4.66. The summed E-state index contributed by atoms with van der Waals surface area (Å²) in [5, 5.41) is 11.4. The van der Waals surface area contributed by atoms with Crippen LogP contribution in [0.15, 0.2) is 30.6 Å². The highest BCUT2D eigenvalue weighted by Gasteiger charge is 2.23. The molecule has 0 saturated carbocycles. The number of nitrogens with two attached hydrogens (primary N) is 1. The van der Waals surface area contributed by atoms with Crippen LogP contribution in [-0.4, -0.2) is 29.8 Å². The van der Waals surface area contributed by atoms with Gasteiger partial charge in [0.25, 0.3) is 0 Å². The van der Waals surface area contributed by atoms with Crippen molar-refractivity contribution in [1.82, 2.24) is 4.98 Å². The van der Waals surface area contributed by atoms with Gasteiger partial charge in [0.15, 0.2) is 0 Å². The van der Waals surface area contributed by atoms with Crippen molar-refractivity contribution in [3.63, 3.8) is 0 Å². The molecule has 2 aromatic rings. The Hall–Kier alpha value is -1.81. The Bertz CT molecular complexity index is 570. The van der Waals surface area contributed by atoms with Gasteiger partial charge in [-0.05, 0) is 24.6 Å². The highest BCUT2D eigenvalue weighted by molar-refractivity contribution is 6.00. The normalized spacial score (nSPS) is 19.6. The van der Waals surface area contributed by atoms with E-state index in [0.717, 1.165) is 36.0 Å². The van der Waals surface area contributed by atoms with Crippen molar-refractivity contribution in [2.75, 3.05) is 30.3 Å². The minimum atomic E-state index is 0.269. The second-order valence-corrected chi connectivity index (χ2v) is 4.88. The average molecular weight is 243 g/mol. The number of aliphatic hydroxyl groups is 1. The Kier molecular flexibility index (Phi) is 2.80. The summed E-state index contributed by atoms with van der Waals surface area (Å²) in [6, 6.07) is 6.01. The SMILES string of the molecule is Nc1ccc(N2CCC(CO)C2)c2ccncc12. The van der Waals surface area contributed by atoms with Crippen molar-refractivity contribution in [3.8, 4) is 0 Å². The van der Waals surface area contributed by atoms with Gasteiger partial charge >= 0.3 is 0 Å². The van der Waals surface area contributed by atoms with Crippen molar-refractivity contribution < 1.29 is 5.11 Å². The molecule has 1 aliphatic rings. The lowest BCUT2D eigenvalue weighted by molar-refractivity contribution is 0.238. The smallest absolute Gasteiger partial charge is 0.0476 e. The molecule has 18 heavy (non-hydrogen) atoms. The maximum absolute atomic E-state index is 9.23. The Morgan fingerprint density at radius 1 is 1.33 bits per heavy atom. The zero-order chi connectivity index (χ0) is 12.5. The van der Waals surface area contributed by atoms with Gasteiger partial charge in [0.2, 0.25) is 0 Å². The minimum Gasteiger partial charge on any atom is -0.398 e. The highest BCUT2D eigenvalue weighted by Crippen LogP contribution is 2.33. The Morgan fingerprint density at radius 2 is 2.22 bits per heavy atom. The van der Waals surface area contributed by atoms with Gasteiger partial charge in [-0.15, -0.1) is 0 Å². The van der Waals surface area contributed by atoms with Crippen LogP contribution in [-0.2, 0) is 0 Å². The largest absolute Gasteiger partial charge is 0.398 e. The number of benzene rings is 1. The third kappa shape index (κ3) is 1.78. The first kappa shape index (κ1) is 11.3. The fourth-order valence-electron chi connectivity index (χ4n) is 2.67. The molecule has 0 aliphatic carbocycles. The van der Waals surface area contributed by atoms with Crippen LogP contribution in [0.2, 0.25) is 0 Å². The van der Waals surface area contributed by atoms with E-state index in [1.807, 2.05) is 18.3 Å². The number of pyridine rings is 1. The van der Waals surface area contributed by atoms with Gasteiger partial charge in [-0.1, -0.05) is 0 Å². The molecule has 94 valence electrons. The molecular weight excluding hydrogens is 226 g/mol. The number of hydrogen-bond donors (Lipinski definition) is 2. The maximum Gasteiger partial charge on any atom is 0.0476 e. The van der Waals surface area contributed by atoms with Crippen molar-refractivity contribution >= 4 is 22.1 Å². The Balaban J connectivity index is 2.05. The number of nitrogens with zero attached hydrogens (tertiary/aromatic N) is 2. The lowest BCUT2D eigenvalue weighted by Crippen LogP contribution is -2.20. The molecule has 1 aliphatic heterocycles. The molecule has 1 fully saturated rings. The molecule has 1 unspecified atom stereocenters. The van der Waals surface area contributed by atoms with Crippen molar-refractivity contribution in [1.29, 1.82) is 0 Å². The number of fused-ring (bicyclic) bond motifs is 1. The zero-order valence-corrected chi connectivity index (χ0v) is 10.2. The van der Waals surface area contributed by atoms with Crippen LogP contribution in [0, 0.1) is 5.92 Å². The van der Waals surface area contributed by atoms with Crippen molar-refractivity contribution in [2.45, 2.75) is 6.42 Å². The number of hydrogen-bond acceptors (Lipinski definition) is 4. The van der Waals surface area contributed by atoms with Gasteiger partial charge in [-0.25, -0.2) is 0 Å². The molecule has 1 saturated heterocycles. The molecule has 1 atom stereocenters. The lowest BCUT2D eigenvalue weighted by Gasteiger charge is -2.21. The lowest BCUT2D eigenvalue weighted by atomic mass is 10.1. The van der Waals surface area contributed by atoms with E-state index in [0.29, 0.717) is 5.92 Å². The summed E-state index contributed by atoms with van der Waals surface area (Å²) in [7, 11) is 0. The van der Waals surface area contributed by atoms with E-state index in [1.165, 1.54) is 5.69 Å². The Morgan fingerprint density at radius 3 is 3.00 bits per heavy atom. The molecule has 3 N–H and O–H groups in total. The number of aliphatic hydroxyl groups excluding tert-OH is 1. The van der Waals surface area contributed by atoms with E-state index >= 15 is 0 Å². The summed E-state index contributed by atoms with van der Waals surface area (Å²) in [5.41, 5.74) is 7.93. The maximum atomic E-state index is 9.23. The van der Waals surface area contributed by atoms with Crippen molar-refractivity contribution in [2.24, 2.45) is 5.92 Å². The molecule has 0 radical (unpaired) electrons. The van der Waals surface area contributed by atoms with Gasteiger partial charge < -0.3 is 15.7 Å². The number of aromatic nitrogens is 1. The van der Waals surface area contributed by atoms with E-state index in [4.69, 9.17) is 5.73 Å². The fourth-order valence-corrected chi connectivity index (χ4v) is 2.67. The van der Waals surface area contributed by atoms with Gasteiger partial charge in [0.05, 0.1) is 0 Å². The van der Waals surface area contributed by atoms with E-state index < -0.39 is 0 Å². The third-order valence-corrected chi connectivity index (χ3v) is 3.71. The Labute approximate surface area is 106 Å². The monoisotopic (exact) mass is 243 g/mol. The average Bonchev–Trinajstić information content (AvgIpc) is 2.88. The van der Waals surface area contributed by atoms with Gasteiger partial charge in [-0.3, -0.25) is 4.98 Å². The molecular formula is C14H17N3O. The van der Waals surface area contributed by atoms with Crippen LogP contribution in [0.25, 0.3) is 10.8 Å². The van der Waals surface area contributed by atoms with Gasteiger partial charge in [-0.2, -0.15) is 0 Å². The number of nitrogen functional groups attached to an aromatic ring is 1. The molecule has 2 heterocycles. The molecule has 1 aromatic heterocycles. The molecule has 0 bridgehead atoms. The molecule has 0 amide bonds. The van der Waals surface area contributed by atoms with Gasteiger partial charge in [0.1, 0.15) is 0 Å². The van der Waals surface area contributed by atoms with Gasteiger partial charge in [0, 0.05) is 60.2 Å². The number of anilines is 2. The molecule has 4 heteroatoms. The quantitative estimate of drug-likeness (QED) is 0.787. The molecule has 1 aromatic carbocycles. The summed E-state index contributed by atoms with van der Waals surface area (Å²) in [4.78, 5) is 6.46. The standard InChI is InChI=1S/C14H17N3O/c15-13-1-2-14(11-3-5-16-7-12(11)13)17-6-4-10(8-17)9-18/h1-3,5,7,10,18H,4,6,8-9,15H2. The summed E-state index contributed by atoms with van der Waals surface area (Å²) in [5.74, 6) is 0.388. The summed E-state index contributed by atoms with van der Waals surface area (Å²) in [6.45, 7) is 2.18. The highest BCUT2D eigenvalue weighted by atomic mass is 16.3. The predicted molar refractivity (Wildman–Crippen MR) is 73.6 cm³/mol. The van der Waals surface area contributed by atoms with Crippen LogP contribution in [0.3, 0.4) is 0 Å². The fraction of sp³-hybridized carbons (Fsp3) is 0.357. The van der Waals surface area contributed by atoms with Crippen LogP contribution >= 0.6 is 0 Å². The van der Waals surface area contributed by atoms with Crippen LogP contribution in [0.5, 0.6) is 0 Å². The predicted octanol–water partition coefficient (Wildman–Crippen LogP) is 1.64. The second-order valence-electron chi connectivity index (χ2n) is 4.88. The second kappa shape index (κ2) is 4.46. The van der Waals surface area contributed by atoms with E-state index in [2.05, 4.69) is 16.0 Å². The summed E-state index contributed by atoms with van der Waals surface area (Å²) < 4.78 is 0. The zero-order valence-electron chi connectivity index (χ0n) is 10.2. The van der Waals surface area contributed by atoms with Crippen LogP contribution in [0.4, 0.5) is 11.4 Å². The molecule has 3 rings (SSSR count). The van der Waals surface area contributed by atoms with Crippen LogP contribution in [0.1, 0.15) is 6.42 Å². The molecule has 4 nitrogen and oxygen atoms in total. The van der Waals surface area contributed by atoms with E-state index in [-0.39, 0.29) is 6.61 Å². The van der Waals surface area contributed by atoms with E-state index in [1.54, 1.807) is 6.20 Å². The summed E-state index contributed by atoms with van der Waals surface area (Å²) >= 11 is 0. The number of rotatable bonds is 2. The van der Waals surface area contributed by atoms with Crippen molar-refractivity contribution in [3.05, 3.63) is 30.6 Å². The first-order valence-electron chi connectivity index (χ1n) is 6.27. The topological polar surface area (TPSA) is 62.4 Å². The molecule has 0 spiro atoms.